The van der Waals surface area contributed by atoms with E-state index in [2.05, 4.69) is 4.74 Å². The van der Waals surface area contributed by atoms with Crippen LogP contribution >= 0.6 is 12.4 Å². The van der Waals surface area contributed by atoms with Gasteiger partial charge >= 0.3 is 6.61 Å². The van der Waals surface area contributed by atoms with Gasteiger partial charge in [-0.2, -0.15) is 8.78 Å². The highest BCUT2D eigenvalue weighted by Gasteiger charge is 2.32. The molecule has 1 aliphatic rings. The molecule has 0 saturated carbocycles. The van der Waals surface area contributed by atoms with Crippen molar-refractivity contribution in [1.29, 1.82) is 0 Å². The molecule has 1 amide bonds. The van der Waals surface area contributed by atoms with Crippen LogP contribution < -0.4 is 15.2 Å². The largest absolute Gasteiger partial charge is 0.493 e. The number of hydrogen-bond donors (Lipinski definition) is 1. The van der Waals surface area contributed by atoms with Crippen molar-refractivity contribution in [1.82, 2.24) is 4.90 Å². The Balaban J connectivity index is 0.00000264. The zero-order valence-corrected chi connectivity index (χ0v) is 13.8. The molecule has 8 heteroatoms. The number of nitrogens with zero attached hydrogens (tertiary/aromatic N) is 1. The molecule has 0 bridgehead atoms. The zero-order valence-electron chi connectivity index (χ0n) is 13.0. The van der Waals surface area contributed by atoms with Crippen molar-refractivity contribution in [3.05, 3.63) is 23.8 Å². The van der Waals surface area contributed by atoms with Gasteiger partial charge in [0, 0.05) is 18.2 Å². The zero-order chi connectivity index (χ0) is 16.3. The topological polar surface area (TPSA) is 64.8 Å². The Hall–Kier alpha value is -1.60. The standard InChI is InChI=1S/C15H20F2N2O3.ClH/c1-9-5-10(7-18)8-19(9)14(20)11-3-4-12(22-15(16)17)13(6-11)21-2;/h3-4,6,9-10,15H,5,7-8,18H2,1-2H3;1H. The van der Waals surface area contributed by atoms with Crippen LogP contribution in [0, 0.1) is 5.92 Å². The number of carbonyl (C=O) groups excluding carboxylic acids is 1. The lowest BCUT2D eigenvalue weighted by Crippen LogP contribution is -2.34. The minimum atomic E-state index is -2.95. The molecule has 0 spiro atoms. The number of hydrogen-bond acceptors (Lipinski definition) is 4. The van der Waals surface area contributed by atoms with Gasteiger partial charge in [0.1, 0.15) is 0 Å². The van der Waals surface area contributed by atoms with Crippen molar-refractivity contribution in [3.8, 4) is 11.5 Å². The minimum absolute atomic E-state index is 0. The fourth-order valence-electron chi connectivity index (χ4n) is 2.76. The number of halogens is 3. The van der Waals surface area contributed by atoms with Crippen LogP contribution in [0.3, 0.4) is 0 Å². The summed E-state index contributed by atoms with van der Waals surface area (Å²) in [6.07, 6.45) is 0.867. The highest BCUT2D eigenvalue weighted by atomic mass is 35.5. The summed E-state index contributed by atoms with van der Waals surface area (Å²) in [5.74, 6) is 0.143. The fraction of sp³-hybridized carbons (Fsp3) is 0.533. The molecule has 1 heterocycles. The van der Waals surface area contributed by atoms with Crippen molar-refractivity contribution in [2.75, 3.05) is 20.2 Å². The molecule has 0 aromatic heterocycles. The Morgan fingerprint density at radius 3 is 2.65 bits per heavy atom. The number of methoxy groups -OCH3 is 1. The van der Waals surface area contributed by atoms with E-state index in [4.69, 9.17) is 10.5 Å². The number of ether oxygens (including phenoxy) is 2. The average Bonchev–Trinajstić information content (AvgIpc) is 2.87. The number of nitrogens with two attached hydrogens (primary N) is 1. The Labute approximate surface area is 140 Å². The Bertz CT molecular complexity index is 545. The first-order valence-corrected chi connectivity index (χ1v) is 7.10. The maximum absolute atomic E-state index is 12.6. The van der Waals surface area contributed by atoms with Crippen LogP contribution in [0.4, 0.5) is 8.78 Å². The molecule has 1 aliphatic heterocycles. The lowest BCUT2D eigenvalue weighted by Gasteiger charge is -2.22. The third kappa shape index (κ3) is 4.45. The summed E-state index contributed by atoms with van der Waals surface area (Å²) >= 11 is 0. The van der Waals surface area contributed by atoms with Gasteiger partial charge in [0.2, 0.25) is 0 Å². The van der Waals surface area contributed by atoms with E-state index in [1.165, 1.54) is 25.3 Å². The average molecular weight is 351 g/mol. The molecule has 130 valence electrons. The van der Waals surface area contributed by atoms with E-state index >= 15 is 0 Å². The van der Waals surface area contributed by atoms with E-state index in [1.807, 2.05) is 6.92 Å². The molecule has 0 radical (unpaired) electrons. The van der Waals surface area contributed by atoms with Gasteiger partial charge in [-0.05, 0) is 44.0 Å². The summed E-state index contributed by atoms with van der Waals surface area (Å²) in [6, 6.07) is 4.30. The first-order chi connectivity index (χ1) is 10.5. The van der Waals surface area contributed by atoms with Gasteiger partial charge in [0.05, 0.1) is 7.11 Å². The summed E-state index contributed by atoms with van der Waals surface area (Å²) in [5.41, 5.74) is 6.04. The van der Waals surface area contributed by atoms with E-state index < -0.39 is 6.61 Å². The molecule has 0 aliphatic carbocycles. The van der Waals surface area contributed by atoms with Gasteiger partial charge in [0.25, 0.3) is 5.91 Å². The first-order valence-electron chi connectivity index (χ1n) is 7.10. The second kappa shape index (κ2) is 8.31. The first kappa shape index (κ1) is 19.4. The lowest BCUT2D eigenvalue weighted by molar-refractivity contribution is -0.0512. The lowest BCUT2D eigenvalue weighted by atomic mass is 10.1. The fourth-order valence-corrected chi connectivity index (χ4v) is 2.76. The molecule has 2 rings (SSSR count). The molecule has 1 aromatic rings. The summed E-state index contributed by atoms with van der Waals surface area (Å²) in [7, 11) is 1.34. The van der Waals surface area contributed by atoms with Crippen LogP contribution in [-0.4, -0.2) is 43.7 Å². The third-order valence-corrected chi connectivity index (χ3v) is 3.88. The summed E-state index contributed by atoms with van der Waals surface area (Å²) in [6.45, 7) is 0.172. The molecule has 1 aromatic carbocycles. The second-order valence-electron chi connectivity index (χ2n) is 5.39. The number of benzene rings is 1. The van der Waals surface area contributed by atoms with Crippen LogP contribution in [0.2, 0.25) is 0 Å². The van der Waals surface area contributed by atoms with E-state index in [1.54, 1.807) is 4.90 Å². The predicted octanol–water partition coefficient (Wildman–Crippen LogP) is 2.53. The number of alkyl halides is 2. The number of rotatable bonds is 5. The van der Waals surface area contributed by atoms with Gasteiger partial charge in [-0.3, -0.25) is 4.79 Å². The summed E-state index contributed by atoms with van der Waals surface area (Å²) in [4.78, 5) is 14.3. The number of carbonyl (C=O) groups is 1. The second-order valence-corrected chi connectivity index (χ2v) is 5.39. The molecular weight excluding hydrogens is 330 g/mol. The van der Waals surface area contributed by atoms with E-state index in [9.17, 15) is 13.6 Å². The maximum Gasteiger partial charge on any atom is 0.387 e. The van der Waals surface area contributed by atoms with Gasteiger partial charge < -0.3 is 20.1 Å². The van der Waals surface area contributed by atoms with Crippen LogP contribution in [0.5, 0.6) is 11.5 Å². The summed E-state index contributed by atoms with van der Waals surface area (Å²) < 4.78 is 34.0. The van der Waals surface area contributed by atoms with Crippen molar-refractivity contribution in [2.45, 2.75) is 26.0 Å². The number of amides is 1. The van der Waals surface area contributed by atoms with Crippen LogP contribution in [0.15, 0.2) is 18.2 Å². The van der Waals surface area contributed by atoms with Crippen molar-refractivity contribution >= 4 is 18.3 Å². The smallest absolute Gasteiger partial charge is 0.387 e. The molecule has 5 nitrogen and oxygen atoms in total. The van der Waals surface area contributed by atoms with Crippen LogP contribution in [0.1, 0.15) is 23.7 Å². The Morgan fingerprint density at radius 2 is 2.13 bits per heavy atom. The van der Waals surface area contributed by atoms with Crippen molar-refractivity contribution < 1.29 is 23.0 Å². The molecule has 2 atom stereocenters. The van der Waals surface area contributed by atoms with E-state index in [-0.39, 0.29) is 35.9 Å². The number of likely N-dealkylation sites (tertiary alicyclic amines) is 1. The van der Waals surface area contributed by atoms with E-state index in [0.717, 1.165) is 6.42 Å². The van der Waals surface area contributed by atoms with Crippen molar-refractivity contribution in [2.24, 2.45) is 11.7 Å². The van der Waals surface area contributed by atoms with Gasteiger partial charge in [0.15, 0.2) is 11.5 Å². The van der Waals surface area contributed by atoms with Gasteiger partial charge in [-0.1, -0.05) is 0 Å². The van der Waals surface area contributed by atoms with Gasteiger partial charge in [-0.15, -0.1) is 12.4 Å². The Morgan fingerprint density at radius 1 is 1.43 bits per heavy atom. The SMILES string of the molecule is COc1cc(C(=O)N2CC(CN)CC2C)ccc1OC(F)F.Cl. The minimum Gasteiger partial charge on any atom is -0.493 e. The monoisotopic (exact) mass is 350 g/mol. The molecule has 2 N–H and O–H groups in total. The molecule has 1 fully saturated rings. The maximum atomic E-state index is 12.6. The molecule has 1 saturated heterocycles. The predicted molar refractivity (Wildman–Crippen MR) is 84.5 cm³/mol. The quantitative estimate of drug-likeness (QED) is 0.886. The van der Waals surface area contributed by atoms with Crippen molar-refractivity contribution in [3.63, 3.8) is 0 Å². The Kier molecular flexibility index (Phi) is 7.02. The van der Waals surface area contributed by atoms with Crippen LogP contribution in [-0.2, 0) is 0 Å². The van der Waals surface area contributed by atoms with E-state index in [0.29, 0.717) is 24.6 Å². The highest BCUT2D eigenvalue weighted by Crippen LogP contribution is 2.31. The van der Waals surface area contributed by atoms with Crippen LogP contribution in [0.25, 0.3) is 0 Å². The normalized spacial score (nSPS) is 20.3. The third-order valence-electron chi connectivity index (χ3n) is 3.88. The molecule has 23 heavy (non-hydrogen) atoms. The highest BCUT2D eigenvalue weighted by molar-refractivity contribution is 5.95. The van der Waals surface area contributed by atoms with Gasteiger partial charge in [-0.25, -0.2) is 0 Å². The molecule has 2 unspecified atom stereocenters. The summed E-state index contributed by atoms with van der Waals surface area (Å²) in [5, 5.41) is 0. The molecular formula is C15H21ClF2N2O3.